The van der Waals surface area contributed by atoms with Crippen LogP contribution in [0.4, 0.5) is 0 Å². The molecule has 0 saturated carbocycles. The molecule has 0 spiro atoms. The number of hydrogen-bond acceptors (Lipinski definition) is 4. The lowest BCUT2D eigenvalue weighted by molar-refractivity contribution is 0.375. The van der Waals surface area contributed by atoms with Gasteiger partial charge in [-0.15, -0.1) is 10.2 Å². The molecule has 0 bridgehead atoms. The molecular weight excluding hydrogens is 228 g/mol. The summed E-state index contributed by atoms with van der Waals surface area (Å²) in [6, 6.07) is 2.04. The maximum Gasteiger partial charge on any atom is 0.182 e. The maximum absolute atomic E-state index is 5.78. The number of nitrogens with zero attached hydrogens (tertiary/aromatic N) is 5. The van der Waals surface area contributed by atoms with Gasteiger partial charge in [0.2, 0.25) is 0 Å². The summed E-state index contributed by atoms with van der Waals surface area (Å²) in [5.41, 5.74) is 7.79. The van der Waals surface area contributed by atoms with E-state index in [-0.39, 0.29) is 0 Å². The van der Waals surface area contributed by atoms with Crippen molar-refractivity contribution in [3.05, 3.63) is 17.6 Å². The van der Waals surface area contributed by atoms with Gasteiger partial charge in [0.25, 0.3) is 0 Å². The second-order valence-electron chi connectivity index (χ2n) is 4.99. The molecule has 1 aliphatic rings. The third kappa shape index (κ3) is 1.73. The summed E-state index contributed by atoms with van der Waals surface area (Å²) in [7, 11) is 1.94. The van der Waals surface area contributed by atoms with E-state index in [1.54, 1.807) is 0 Å². The van der Waals surface area contributed by atoms with Gasteiger partial charge in [0.1, 0.15) is 11.5 Å². The van der Waals surface area contributed by atoms with Crippen molar-refractivity contribution in [3.8, 4) is 11.5 Å². The van der Waals surface area contributed by atoms with Gasteiger partial charge < -0.3 is 10.3 Å². The van der Waals surface area contributed by atoms with Crippen LogP contribution in [0.1, 0.15) is 17.9 Å². The van der Waals surface area contributed by atoms with E-state index in [0.29, 0.717) is 5.92 Å². The van der Waals surface area contributed by atoms with Gasteiger partial charge in [-0.1, -0.05) is 0 Å². The van der Waals surface area contributed by atoms with Crippen molar-refractivity contribution < 1.29 is 0 Å². The number of fused-ring (bicyclic) bond motifs is 1. The first-order valence-corrected chi connectivity index (χ1v) is 6.32. The van der Waals surface area contributed by atoms with E-state index in [1.807, 2.05) is 24.7 Å². The van der Waals surface area contributed by atoms with E-state index < -0.39 is 0 Å². The summed E-state index contributed by atoms with van der Waals surface area (Å²) < 4.78 is 4.05. The fourth-order valence-electron chi connectivity index (χ4n) is 2.60. The molecule has 3 heterocycles. The number of aromatic nitrogens is 5. The van der Waals surface area contributed by atoms with E-state index >= 15 is 0 Å². The second kappa shape index (κ2) is 4.20. The first kappa shape index (κ1) is 11.4. The van der Waals surface area contributed by atoms with E-state index in [0.717, 1.165) is 49.0 Å². The highest BCUT2D eigenvalue weighted by atomic mass is 15.3. The Morgan fingerprint density at radius 3 is 2.94 bits per heavy atom. The van der Waals surface area contributed by atoms with Gasteiger partial charge in [0, 0.05) is 20.0 Å². The first-order chi connectivity index (χ1) is 8.69. The summed E-state index contributed by atoms with van der Waals surface area (Å²) >= 11 is 0. The minimum atomic E-state index is 0.529. The number of hydrogen-bond donors (Lipinski definition) is 1. The van der Waals surface area contributed by atoms with E-state index in [2.05, 4.69) is 19.9 Å². The zero-order valence-electron chi connectivity index (χ0n) is 10.8. The Bertz CT molecular complexity index is 567. The Morgan fingerprint density at radius 2 is 2.28 bits per heavy atom. The van der Waals surface area contributed by atoms with Gasteiger partial charge >= 0.3 is 0 Å². The van der Waals surface area contributed by atoms with Gasteiger partial charge in [0.15, 0.2) is 5.82 Å². The molecule has 0 amide bonds. The van der Waals surface area contributed by atoms with E-state index in [9.17, 15) is 0 Å². The van der Waals surface area contributed by atoms with Gasteiger partial charge in [-0.3, -0.25) is 4.68 Å². The van der Waals surface area contributed by atoms with Crippen LogP contribution in [0.2, 0.25) is 0 Å². The summed E-state index contributed by atoms with van der Waals surface area (Å²) in [5.74, 6) is 2.50. The Balaban J connectivity index is 2.04. The average molecular weight is 246 g/mol. The lowest BCUT2D eigenvalue weighted by Gasteiger charge is -2.22. The molecule has 0 fully saturated rings. The highest BCUT2D eigenvalue weighted by Gasteiger charge is 2.23. The molecule has 18 heavy (non-hydrogen) atoms. The molecular formula is C12H18N6. The van der Waals surface area contributed by atoms with Crippen molar-refractivity contribution in [3.63, 3.8) is 0 Å². The van der Waals surface area contributed by atoms with Crippen LogP contribution in [0.5, 0.6) is 0 Å². The molecule has 1 atom stereocenters. The fourth-order valence-corrected chi connectivity index (χ4v) is 2.60. The normalized spacial score (nSPS) is 18.9. The summed E-state index contributed by atoms with van der Waals surface area (Å²) in [6.07, 6.45) is 2.07. The molecule has 1 unspecified atom stereocenters. The van der Waals surface area contributed by atoms with Crippen LogP contribution in [0.3, 0.4) is 0 Å². The van der Waals surface area contributed by atoms with Crippen LogP contribution < -0.4 is 5.73 Å². The maximum atomic E-state index is 5.78. The third-order valence-electron chi connectivity index (χ3n) is 3.61. The highest BCUT2D eigenvalue weighted by molar-refractivity contribution is 5.51. The van der Waals surface area contributed by atoms with Gasteiger partial charge in [0.05, 0.1) is 5.69 Å². The second-order valence-corrected chi connectivity index (χ2v) is 4.99. The van der Waals surface area contributed by atoms with Gasteiger partial charge in [-0.25, -0.2) is 0 Å². The van der Waals surface area contributed by atoms with Crippen LogP contribution in [0.25, 0.3) is 11.5 Å². The van der Waals surface area contributed by atoms with Gasteiger partial charge in [-0.05, 0) is 31.9 Å². The number of rotatable bonds is 2. The lowest BCUT2D eigenvalue weighted by Crippen LogP contribution is -2.27. The van der Waals surface area contributed by atoms with Crippen LogP contribution >= 0.6 is 0 Å². The standard InChI is InChI=1S/C12H18N6/c1-8-5-10(17(2)16-8)12-15-14-11-4-3-9(6-13)7-18(11)12/h5,9H,3-4,6-7,13H2,1-2H3. The van der Waals surface area contributed by atoms with Crippen molar-refractivity contribution in [2.45, 2.75) is 26.3 Å². The first-order valence-electron chi connectivity index (χ1n) is 6.32. The van der Waals surface area contributed by atoms with Crippen LogP contribution in [-0.2, 0) is 20.0 Å². The predicted octanol–water partition coefficient (Wildman–Crippen LogP) is 0.508. The van der Waals surface area contributed by atoms with Crippen molar-refractivity contribution >= 4 is 0 Å². The smallest absolute Gasteiger partial charge is 0.182 e. The highest BCUT2D eigenvalue weighted by Crippen LogP contribution is 2.25. The van der Waals surface area contributed by atoms with Crippen molar-refractivity contribution in [1.29, 1.82) is 0 Å². The molecule has 6 nitrogen and oxygen atoms in total. The zero-order valence-corrected chi connectivity index (χ0v) is 10.8. The quantitative estimate of drug-likeness (QED) is 0.837. The molecule has 96 valence electrons. The van der Waals surface area contributed by atoms with Gasteiger partial charge in [-0.2, -0.15) is 5.10 Å². The monoisotopic (exact) mass is 246 g/mol. The average Bonchev–Trinajstić information content (AvgIpc) is 2.91. The number of nitrogens with two attached hydrogens (primary N) is 1. The largest absolute Gasteiger partial charge is 0.330 e. The van der Waals surface area contributed by atoms with Crippen molar-refractivity contribution in [2.24, 2.45) is 18.7 Å². The SMILES string of the molecule is Cc1cc(-c2nnc3n2CC(CN)CC3)n(C)n1. The predicted molar refractivity (Wildman–Crippen MR) is 67.8 cm³/mol. The molecule has 0 radical (unpaired) electrons. The van der Waals surface area contributed by atoms with Crippen molar-refractivity contribution in [2.75, 3.05) is 6.54 Å². The summed E-state index contributed by atoms with van der Waals surface area (Å²) in [4.78, 5) is 0. The Labute approximate surface area is 106 Å². The Kier molecular flexibility index (Phi) is 2.66. The van der Waals surface area contributed by atoms with Crippen LogP contribution in [0.15, 0.2) is 6.07 Å². The minimum Gasteiger partial charge on any atom is -0.330 e. The fraction of sp³-hybridized carbons (Fsp3) is 0.583. The Hall–Kier alpha value is -1.69. The molecule has 6 heteroatoms. The summed E-state index contributed by atoms with van der Waals surface area (Å²) in [5, 5.41) is 13.0. The molecule has 2 N–H and O–H groups in total. The van der Waals surface area contributed by atoms with E-state index in [4.69, 9.17) is 5.73 Å². The molecule has 0 saturated heterocycles. The summed E-state index contributed by atoms with van der Waals surface area (Å²) in [6.45, 7) is 3.62. The van der Waals surface area contributed by atoms with Crippen LogP contribution in [0, 0.1) is 12.8 Å². The minimum absolute atomic E-state index is 0.529. The third-order valence-corrected chi connectivity index (χ3v) is 3.61. The Morgan fingerprint density at radius 1 is 1.44 bits per heavy atom. The molecule has 0 aromatic carbocycles. The number of aryl methyl sites for hydroxylation is 3. The molecule has 2 aromatic rings. The molecule has 2 aromatic heterocycles. The molecule has 0 aliphatic carbocycles. The zero-order chi connectivity index (χ0) is 12.7. The molecule has 1 aliphatic heterocycles. The van der Waals surface area contributed by atoms with Crippen molar-refractivity contribution in [1.82, 2.24) is 24.5 Å². The topological polar surface area (TPSA) is 74.6 Å². The van der Waals surface area contributed by atoms with E-state index in [1.165, 1.54) is 0 Å². The molecule has 3 rings (SSSR count). The van der Waals surface area contributed by atoms with Crippen LogP contribution in [-0.4, -0.2) is 31.1 Å². The lowest BCUT2D eigenvalue weighted by atomic mass is 9.99.